The Bertz CT molecular complexity index is 756. The lowest BCUT2D eigenvalue weighted by Gasteiger charge is -2.36. The van der Waals surface area contributed by atoms with E-state index >= 15 is 0 Å². The van der Waals surface area contributed by atoms with E-state index in [4.69, 9.17) is 9.84 Å². The molecule has 6 heteroatoms. The number of carbonyl (C=O) groups excluding carboxylic acids is 1. The van der Waals surface area contributed by atoms with Crippen LogP contribution in [-0.4, -0.2) is 34.2 Å². The van der Waals surface area contributed by atoms with Crippen molar-refractivity contribution in [2.24, 2.45) is 17.8 Å². The fraction of sp³-hybridized carbons (Fsp3) is 0.640. The molecule has 0 radical (unpaired) electrons. The Morgan fingerprint density at radius 1 is 1.06 bits per heavy atom. The van der Waals surface area contributed by atoms with Crippen LogP contribution < -0.4 is 0 Å². The van der Waals surface area contributed by atoms with Gasteiger partial charge >= 0.3 is 17.9 Å². The van der Waals surface area contributed by atoms with Crippen LogP contribution in [0.3, 0.4) is 0 Å². The van der Waals surface area contributed by atoms with Crippen molar-refractivity contribution in [2.45, 2.75) is 84.2 Å². The smallest absolute Gasteiger partial charge is 0.338 e. The lowest BCUT2D eigenvalue weighted by molar-refractivity contribution is -0.139. The van der Waals surface area contributed by atoms with Gasteiger partial charge in [0.15, 0.2) is 0 Å². The number of ether oxygens (including phenoxy) is 1. The van der Waals surface area contributed by atoms with E-state index in [1.54, 1.807) is 24.3 Å². The maximum Gasteiger partial charge on any atom is 0.338 e. The molecule has 0 spiro atoms. The van der Waals surface area contributed by atoms with Crippen LogP contribution >= 0.6 is 0 Å². The molecule has 1 aliphatic rings. The highest BCUT2D eigenvalue weighted by Crippen LogP contribution is 2.36. The van der Waals surface area contributed by atoms with E-state index in [9.17, 15) is 19.5 Å². The number of aliphatic carboxylic acids is 2. The minimum absolute atomic E-state index is 0.0808. The highest BCUT2D eigenvalue weighted by atomic mass is 16.5. The third kappa shape index (κ3) is 7.37. The Hall–Kier alpha value is -2.37. The van der Waals surface area contributed by atoms with Gasteiger partial charge in [0, 0.05) is 6.42 Å². The zero-order valence-electron chi connectivity index (χ0n) is 18.9. The molecule has 6 nitrogen and oxygen atoms in total. The zero-order valence-corrected chi connectivity index (χ0v) is 18.9. The van der Waals surface area contributed by atoms with Crippen LogP contribution in [-0.2, 0) is 14.3 Å². The van der Waals surface area contributed by atoms with Gasteiger partial charge in [-0.1, -0.05) is 58.2 Å². The quantitative estimate of drug-likeness (QED) is 0.353. The Balaban J connectivity index is 2.13. The van der Waals surface area contributed by atoms with Crippen molar-refractivity contribution >= 4 is 17.9 Å². The first-order chi connectivity index (χ1) is 14.7. The van der Waals surface area contributed by atoms with Crippen molar-refractivity contribution in [3.05, 3.63) is 35.4 Å². The van der Waals surface area contributed by atoms with Crippen molar-refractivity contribution in [2.75, 3.05) is 0 Å². The Morgan fingerprint density at radius 2 is 1.77 bits per heavy atom. The summed E-state index contributed by atoms with van der Waals surface area (Å²) in [6.45, 7) is 6.48. The highest BCUT2D eigenvalue weighted by Gasteiger charge is 2.34. The van der Waals surface area contributed by atoms with E-state index in [0.717, 1.165) is 19.3 Å². The van der Waals surface area contributed by atoms with Gasteiger partial charge in [0.2, 0.25) is 0 Å². The number of carbonyl (C=O) groups is 3. The van der Waals surface area contributed by atoms with Gasteiger partial charge in [-0.3, -0.25) is 9.59 Å². The number of hydrogen-bond donors (Lipinski definition) is 2. The molecule has 31 heavy (non-hydrogen) atoms. The number of benzene rings is 1. The maximum atomic E-state index is 13.1. The minimum Gasteiger partial charge on any atom is -0.481 e. The topological polar surface area (TPSA) is 101 Å². The van der Waals surface area contributed by atoms with Crippen molar-refractivity contribution in [3.8, 4) is 0 Å². The van der Waals surface area contributed by atoms with E-state index in [1.165, 1.54) is 0 Å². The molecular weight excluding hydrogens is 396 g/mol. The average molecular weight is 433 g/mol. The van der Waals surface area contributed by atoms with Crippen molar-refractivity contribution < 1.29 is 29.3 Å². The second-order valence-corrected chi connectivity index (χ2v) is 9.24. The summed E-state index contributed by atoms with van der Waals surface area (Å²) in [7, 11) is 0. The molecule has 0 saturated heterocycles. The number of unbranched alkanes of at least 4 members (excludes halogenated alkanes) is 2. The Labute approximate surface area is 185 Å². The summed E-state index contributed by atoms with van der Waals surface area (Å²) in [5, 5.41) is 18.5. The lowest BCUT2D eigenvalue weighted by atomic mass is 9.75. The van der Waals surface area contributed by atoms with Gasteiger partial charge in [-0.15, -0.1) is 0 Å². The zero-order chi connectivity index (χ0) is 23.0. The fourth-order valence-electron chi connectivity index (χ4n) is 4.65. The molecule has 1 aromatic rings. The number of carboxylic acids is 2. The molecule has 1 aliphatic carbocycles. The van der Waals surface area contributed by atoms with E-state index in [0.29, 0.717) is 54.6 Å². The number of hydrogen-bond acceptors (Lipinski definition) is 4. The van der Waals surface area contributed by atoms with Crippen LogP contribution in [0.25, 0.3) is 0 Å². The standard InChI is InChI=1S/C25H36O6/c1-16(2)18-14-13-17(3)15-22(18)31-25(30)21-11-8-7-9-19(21)20(24(28)29)10-5-4-6-12-23(26)27/h7-9,11,16-18,20,22H,4-6,10,12-15H2,1-3H3,(H,26,27)(H,28,29). The third-order valence-corrected chi connectivity index (χ3v) is 6.46. The van der Waals surface area contributed by atoms with Crippen molar-refractivity contribution in [1.29, 1.82) is 0 Å². The van der Waals surface area contributed by atoms with Gasteiger partial charge in [-0.25, -0.2) is 4.79 Å². The van der Waals surface area contributed by atoms with E-state index in [1.807, 2.05) is 0 Å². The van der Waals surface area contributed by atoms with Gasteiger partial charge < -0.3 is 14.9 Å². The molecule has 1 aromatic carbocycles. The molecule has 0 amide bonds. The molecule has 172 valence electrons. The van der Waals surface area contributed by atoms with Gasteiger partial charge in [0.05, 0.1) is 11.5 Å². The summed E-state index contributed by atoms with van der Waals surface area (Å²) in [6, 6.07) is 6.81. The molecule has 0 heterocycles. The first-order valence-corrected chi connectivity index (χ1v) is 11.4. The van der Waals surface area contributed by atoms with Crippen LogP contribution in [0, 0.1) is 17.8 Å². The average Bonchev–Trinajstić information content (AvgIpc) is 2.70. The highest BCUT2D eigenvalue weighted by molar-refractivity contribution is 5.93. The summed E-state index contributed by atoms with van der Waals surface area (Å²) >= 11 is 0. The van der Waals surface area contributed by atoms with Gasteiger partial charge in [-0.05, 0) is 55.1 Å². The molecule has 0 aromatic heterocycles. The first-order valence-electron chi connectivity index (χ1n) is 11.4. The van der Waals surface area contributed by atoms with E-state index in [2.05, 4.69) is 20.8 Å². The second kappa shape index (κ2) is 11.9. The number of rotatable bonds is 11. The van der Waals surface area contributed by atoms with Crippen LogP contribution in [0.4, 0.5) is 0 Å². The van der Waals surface area contributed by atoms with Crippen LogP contribution in [0.5, 0.6) is 0 Å². The van der Waals surface area contributed by atoms with E-state index in [-0.39, 0.29) is 12.5 Å². The summed E-state index contributed by atoms with van der Waals surface area (Å²) in [4.78, 5) is 35.7. The number of carboxylic acid groups (broad SMARTS) is 2. The van der Waals surface area contributed by atoms with Crippen LogP contribution in [0.1, 0.15) is 94.0 Å². The molecule has 4 atom stereocenters. The molecule has 0 bridgehead atoms. The van der Waals surface area contributed by atoms with Gasteiger partial charge in [0.1, 0.15) is 6.10 Å². The Morgan fingerprint density at radius 3 is 2.42 bits per heavy atom. The normalized spacial score (nSPS) is 22.1. The largest absolute Gasteiger partial charge is 0.481 e. The minimum atomic E-state index is -0.982. The molecular formula is C25H36O6. The lowest BCUT2D eigenvalue weighted by Crippen LogP contribution is -2.36. The van der Waals surface area contributed by atoms with Crippen molar-refractivity contribution in [3.63, 3.8) is 0 Å². The van der Waals surface area contributed by atoms with E-state index < -0.39 is 23.8 Å². The maximum absolute atomic E-state index is 13.1. The Kier molecular flexibility index (Phi) is 9.53. The summed E-state index contributed by atoms with van der Waals surface area (Å²) in [5.74, 6) is -1.86. The summed E-state index contributed by atoms with van der Waals surface area (Å²) in [6.07, 6.45) is 5.03. The van der Waals surface area contributed by atoms with Crippen LogP contribution in [0.15, 0.2) is 24.3 Å². The molecule has 0 aliphatic heterocycles. The van der Waals surface area contributed by atoms with Gasteiger partial charge in [0.25, 0.3) is 0 Å². The van der Waals surface area contributed by atoms with Gasteiger partial charge in [-0.2, -0.15) is 0 Å². The molecule has 1 saturated carbocycles. The molecule has 1 fully saturated rings. The molecule has 2 N–H and O–H groups in total. The van der Waals surface area contributed by atoms with Crippen LogP contribution in [0.2, 0.25) is 0 Å². The summed E-state index contributed by atoms with van der Waals surface area (Å²) in [5.41, 5.74) is 0.796. The van der Waals surface area contributed by atoms with Crippen molar-refractivity contribution in [1.82, 2.24) is 0 Å². The predicted molar refractivity (Wildman–Crippen MR) is 118 cm³/mol. The second-order valence-electron chi connectivity index (χ2n) is 9.24. The molecule has 2 rings (SSSR count). The third-order valence-electron chi connectivity index (χ3n) is 6.46. The predicted octanol–water partition coefficient (Wildman–Crippen LogP) is 5.51. The summed E-state index contributed by atoms with van der Waals surface area (Å²) < 4.78 is 5.96. The number of esters is 1. The first kappa shape index (κ1) is 24.9. The SMILES string of the molecule is CC1CCC(C(C)C)C(OC(=O)c2ccccc2C(CCCCCC(=O)O)C(=O)O)C1. The fourth-order valence-corrected chi connectivity index (χ4v) is 4.65. The molecule has 4 unspecified atom stereocenters. The monoisotopic (exact) mass is 432 g/mol.